The van der Waals surface area contributed by atoms with Crippen molar-refractivity contribution < 1.29 is 0 Å². The highest BCUT2D eigenvalue weighted by atomic mass is 14.2. The number of benzene rings is 1. The van der Waals surface area contributed by atoms with Gasteiger partial charge in [-0.25, -0.2) is 0 Å². The summed E-state index contributed by atoms with van der Waals surface area (Å²) in [6.45, 7) is 39.3. The van der Waals surface area contributed by atoms with Gasteiger partial charge >= 0.3 is 0 Å². The van der Waals surface area contributed by atoms with E-state index >= 15 is 0 Å². The van der Waals surface area contributed by atoms with Crippen molar-refractivity contribution in [1.29, 1.82) is 0 Å². The molecular formula is C47H52. The number of rotatable bonds is 20. The molecule has 0 N–H and O–H groups in total. The molecule has 0 aromatic heterocycles. The highest BCUT2D eigenvalue weighted by Crippen LogP contribution is 2.35. The van der Waals surface area contributed by atoms with Crippen LogP contribution in [0, 0.1) is 0 Å². The fraction of sp³-hybridized carbons (Fsp3) is 0.106. The van der Waals surface area contributed by atoms with Gasteiger partial charge in [0, 0.05) is 0 Å². The van der Waals surface area contributed by atoms with E-state index < -0.39 is 0 Å². The molecule has 0 saturated heterocycles. The summed E-state index contributed by atoms with van der Waals surface area (Å²) < 4.78 is 0. The van der Waals surface area contributed by atoms with Crippen molar-refractivity contribution in [2.45, 2.75) is 33.6 Å². The maximum absolute atomic E-state index is 4.56. The van der Waals surface area contributed by atoms with Gasteiger partial charge in [-0.15, -0.1) is 6.58 Å². The lowest BCUT2D eigenvalue weighted by atomic mass is 9.85. The summed E-state index contributed by atoms with van der Waals surface area (Å²) >= 11 is 0. The summed E-state index contributed by atoms with van der Waals surface area (Å²) in [5.74, 6) is 0. The van der Waals surface area contributed by atoms with Crippen LogP contribution in [0.3, 0.4) is 0 Å². The highest BCUT2D eigenvalue weighted by Gasteiger charge is 2.16. The number of hydrogen-bond donors (Lipinski definition) is 0. The Morgan fingerprint density at radius 3 is 2.06 bits per heavy atom. The molecule has 0 unspecified atom stereocenters. The van der Waals surface area contributed by atoms with E-state index in [1.54, 1.807) is 12.2 Å². The van der Waals surface area contributed by atoms with Crippen LogP contribution in [0.1, 0.15) is 39.2 Å². The Balaban J connectivity index is 3.75. The lowest BCUT2D eigenvalue weighted by Crippen LogP contribution is -2.00. The first-order chi connectivity index (χ1) is 22.6. The summed E-state index contributed by atoms with van der Waals surface area (Å²) in [6.07, 6.45) is 37.2. The first-order valence-electron chi connectivity index (χ1n) is 15.8. The van der Waals surface area contributed by atoms with Crippen molar-refractivity contribution in [2.75, 3.05) is 0 Å². The zero-order chi connectivity index (χ0) is 35.0. The smallest absolute Gasteiger partial charge is 0.00995 e. The Kier molecular flexibility index (Phi) is 19.3. The zero-order valence-electron chi connectivity index (χ0n) is 28.9. The van der Waals surface area contributed by atoms with E-state index in [-0.39, 0.29) is 0 Å². The maximum atomic E-state index is 4.56. The molecule has 0 aliphatic heterocycles. The Bertz CT molecular complexity index is 1630. The van der Waals surface area contributed by atoms with Gasteiger partial charge in [0.05, 0.1) is 0 Å². The molecule has 0 saturated carbocycles. The molecule has 0 fully saturated rings. The second-order valence-corrected chi connectivity index (χ2v) is 10.7. The van der Waals surface area contributed by atoms with Gasteiger partial charge in [0.2, 0.25) is 0 Å². The van der Waals surface area contributed by atoms with Crippen LogP contribution in [0.2, 0.25) is 0 Å². The molecule has 0 spiro atoms. The van der Waals surface area contributed by atoms with Gasteiger partial charge in [-0.2, -0.15) is 0 Å². The summed E-state index contributed by atoms with van der Waals surface area (Å²) in [5.41, 5.74) is 10.6. The van der Waals surface area contributed by atoms with Crippen LogP contribution >= 0.6 is 0 Å². The minimum absolute atomic E-state index is 0.694. The average molecular weight is 617 g/mol. The molecule has 1 aromatic rings. The number of hydrogen-bond acceptors (Lipinski definition) is 0. The Hall–Kier alpha value is -5.46. The van der Waals surface area contributed by atoms with Crippen LogP contribution in [-0.4, -0.2) is 0 Å². The monoisotopic (exact) mass is 616 g/mol. The van der Waals surface area contributed by atoms with Crippen molar-refractivity contribution >= 4 is 5.57 Å². The maximum Gasteiger partial charge on any atom is -0.00995 e. The SMILES string of the molecule is C=C/C=C\C=C(/C)C(=C)/C=C(C(=C)C(=C)C(/C=C\CC=C)=C\C=C)/C(=C/C=C/CC(=C)\C=C/C(C=C)=C(C)/C=C\C)c1ccccc1. The van der Waals surface area contributed by atoms with Gasteiger partial charge in [-0.1, -0.05) is 185 Å². The Labute approximate surface area is 286 Å². The van der Waals surface area contributed by atoms with E-state index in [2.05, 4.69) is 114 Å². The fourth-order valence-corrected chi connectivity index (χ4v) is 4.34. The van der Waals surface area contributed by atoms with Gasteiger partial charge in [0.1, 0.15) is 0 Å². The third kappa shape index (κ3) is 14.5. The van der Waals surface area contributed by atoms with Gasteiger partial charge in [-0.3, -0.25) is 0 Å². The molecule has 1 aromatic carbocycles. The topological polar surface area (TPSA) is 0 Å². The molecule has 0 amide bonds. The molecule has 0 nitrogen and oxygen atoms in total. The molecule has 0 heteroatoms. The predicted molar refractivity (Wildman–Crippen MR) is 215 cm³/mol. The van der Waals surface area contributed by atoms with Crippen molar-refractivity contribution in [3.63, 3.8) is 0 Å². The second-order valence-electron chi connectivity index (χ2n) is 10.7. The first-order valence-corrected chi connectivity index (χ1v) is 15.8. The minimum Gasteiger partial charge on any atom is -0.103 e. The highest BCUT2D eigenvalue weighted by molar-refractivity contribution is 5.88. The third-order valence-corrected chi connectivity index (χ3v) is 7.10. The summed E-state index contributed by atoms with van der Waals surface area (Å²) in [6, 6.07) is 10.3. The second kappa shape index (κ2) is 23.0. The molecule has 1 rings (SSSR count). The summed E-state index contributed by atoms with van der Waals surface area (Å²) in [7, 11) is 0. The van der Waals surface area contributed by atoms with Crippen LogP contribution < -0.4 is 0 Å². The van der Waals surface area contributed by atoms with Crippen LogP contribution in [0.5, 0.6) is 0 Å². The zero-order valence-corrected chi connectivity index (χ0v) is 28.9. The van der Waals surface area contributed by atoms with E-state index in [1.807, 2.05) is 86.7 Å². The van der Waals surface area contributed by atoms with E-state index in [4.69, 9.17) is 0 Å². The quantitative estimate of drug-likeness (QED) is 0.101. The third-order valence-electron chi connectivity index (χ3n) is 7.10. The molecule has 240 valence electrons. The Morgan fingerprint density at radius 2 is 1.45 bits per heavy atom. The minimum atomic E-state index is 0.694. The fourth-order valence-electron chi connectivity index (χ4n) is 4.34. The molecule has 47 heavy (non-hydrogen) atoms. The summed E-state index contributed by atoms with van der Waals surface area (Å²) in [4.78, 5) is 0. The molecule has 0 atom stereocenters. The van der Waals surface area contributed by atoms with Gasteiger partial charge in [0.15, 0.2) is 0 Å². The molecule has 0 heterocycles. The lowest BCUT2D eigenvalue weighted by Gasteiger charge is -2.19. The standard InChI is InChI=1S/C47H52/c1-12-17-20-29-38(7)40(9)36-47(42(11)41(10)44(27-15-4)30-21-18-13-2)46(45-31-22-19-23-32-45)33-25-24-28-37(6)34-35-43(16-5)39(8)26-14-3/h12-17,19-27,29-36H,1-2,4-6,9-11,18,28H2,3,7-8H3/b20-17-,25-24+,26-14-,30-21-,35-34-,38-29+,43-39+,44-27-,46-33+,47-36+. The molecule has 0 aliphatic rings. The largest absolute Gasteiger partial charge is 0.103 e. The van der Waals surface area contributed by atoms with E-state index in [0.29, 0.717) is 6.42 Å². The lowest BCUT2D eigenvalue weighted by molar-refractivity contribution is 1.29. The van der Waals surface area contributed by atoms with Crippen LogP contribution in [0.25, 0.3) is 5.57 Å². The first kappa shape index (κ1) is 39.6. The van der Waals surface area contributed by atoms with E-state index in [0.717, 1.165) is 67.7 Å². The van der Waals surface area contributed by atoms with Crippen LogP contribution in [0.4, 0.5) is 0 Å². The summed E-state index contributed by atoms with van der Waals surface area (Å²) in [5, 5.41) is 0. The van der Waals surface area contributed by atoms with Crippen LogP contribution in [0.15, 0.2) is 242 Å². The van der Waals surface area contributed by atoms with Crippen molar-refractivity contribution in [3.05, 3.63) is 248 Å². The van der Waals surface area contributed by atoms with Crippen molar-refractivity contribution in [1.82, 2.24) is 0 Å². The Morgan fingerprint density at radius 1 is 0.723 bits per heavy atom. The van der Waals surface area contributed by atoms with Gasteiger partial charge in [-0.05, 0) is 95.4 Å². The molecular weight excluding hydrogens is 565 g/mol. The molecule has 0 radical (unpaired) electrons. The van der Waals surface area contributed by atoms with Gasteiger partial charge in [0.25, 0.3) is 0 Å². The van der Waals surface area contributed by atoms with Crippen molar-refractivity contribution in [3.8, 4) is 0 Å². The average Bonchev–Trinajstić information content (AvgIpc) is 3.07. The predicted octanol–water partition coefficient (Wildman–Crippen LogP) is 13.7. The van der Waals surface area contributed by atoms with E-state index in [9.17, 15) is 0 Å². The number of allylic oxidation sites excluding steroid dienone is 28. The molecule has 0 aliphatic carbocycles. The van der Waals surface area contributed by atoms with Crippen LogP contribution in [-0.2, 0) is 0 Å². The van der Waals surface area contributed by atoms with Gasteiger partial charge < -0.3 is 0 Å². The normalized spacial score (nSPS) is 13.9. The van der Waals surface area contributed by atoms with E-state index in [1.165, 1.54) is 0 Å². The van der Waals surface area contributed by atoms with Crippen molar-refractivity contribution in [2.24, 2.45) is 0 Å². The molecule has 0 bridgehead atoms.